The highest BCUT2D eigenvalue weighted by Gasteiger charge is 2.53. The number of hydrogen-bond donors (Lipinski definition) is 1. The van der Waals surface area contributed by atoms with E-state index in [1.165, 1.54) is 38.6 Å². The van der Waals surface area contributed by atoms with Gasteiger partial charge in [-0.05, 0) is 68.5 Å². The number of hydrogen-bond acceptors (Lipinski definition) is 2. The summed E-state index contributed by atoms with van der Waals surface area (Å²) in [6, 6.07) is 0.888. The fourth-order valence-corrected chi connectivity index (χ4v) is 6.57. The molecule has 4 aliphatic rings. The van der Waals surface area contributed by atoms with Crippen molar-refractivity contribution in [1.82, 2.24) is 5.32 Å². The van der Waals surface area contributed by atoms with Crippen LogP contribution in [0.3, 0.4) is 0 Å². The standard InChI is InChI=1S/C16H27NS/c1-18-16(6-3-7-16)10-17-15-9-11-8-14(15)13-5-2-4-12(11)13/h11-15,17H,2-10H2,1H3. The van der Waals surface area contributed by atoms with E-state index < -0.39 is 0 Å². The molecule has 0 aromatic carbocycles. The fraction of sp³-hybridized carbons (Fsp3) is 1.00. The van der Waals surface area contributed by atoms with Crippen LogP contribution in [0.25, 0.3) is 0 Å². The van der Waals surface area contributed by atoms with Gasteiger partial charge >= 0.3 is 0 Å². The van der Waals surface area contributed by atoms with E-state index in [4.69, 9.17) is 0 Å². The molecule has 18 heavy (non-hydrogen) atoms. The molecule has 2 bridgehead atoms. The van der Waals surface area contributed by atoms with E-state index in [1.54, 1.807) is 19.3 Å². The molecule has 5 unspecified atom stereocenters. The second-order valence-corrected chi connectivity index (χ2v) is 8.66. The van der Waals surface area contributed by atoms with Gasteiger partial charge in [-0.15, -0.1) is 0 Å². The van der Waals surface area contributed by atoms with Gasteiger partial charge in [0.25, 0.3) is 0 Å². The Bertz CT molecular complexity index is 320. The van der Waals surface area contributed by atoms with E-state index in [2.05, 4.69) is 23.3 Å². The Labute approximate surface area is 116 Å². The summed E-state index contributed by atoms with van der Waals surface area (Å²) in [5.74, 6) is 4.42. The molecule has 4 rings (SSSR count). The fourth-order valence-electron chi connectivity index (χ4n) is 5.64. The average molecular weight is 265 g/mol. The quantitative estimate of drug-likeness (QED) is 0.832. The lowest BCUT2D eigenvalue weighted by molar-refractivity contribution is 0.198. The summed E-state index contributed by atoms with van der Waals surface area (Å²) in [5, 5.41) is 4.00. The molecule has 1 N–H and O–H groups in total. The molecule has 0 radical (unpaired) electrons. The minimum atomic E-state index is 0.622. The van der Waals surface area contributed by atoms with Gasteiger partial charge in [0.15, 0.2) is 0 Å². The zero-order valence-corrected chi connectivity index (χ0v) is 12.5. The maximum Gasteiger partial charge on any atom is 0.0281 e. The van der Waals surface area contributed by atoms with E-state index in [9.17, 15) is 0 Å². The van der Waals surface area contributed by atoms with Crippen molar-refractivity contribution in [3.05, 3.63) is 0 Å². The normalized spacial score (nSPS) is 48.2. The predicted molar refractivity (Wildman–Crippen MR) is 78.9 cm³/mol. The van der Waals surface area contributed by atoms with Crippen molar-refractivity contribution in [3.63, 3.8) is 0 Å². The highest BCUT2D eigenvalue weighted by Crippen LogP contribution is 2.58. The van der Waals surface area contributed by atoms with Crippen LogP contribution in [-0.4, -0.2) is 23.6 Å². The van der Waals surface area contributed by atoms with Gasteiger partial charge in [-0.25, -0.2) is 0 Å². The van der Waals surface area contributed by atoms with E-state index in [-0.39, 0.29) is 0 Å². The van der Waals surface area contributed by atoms with Crippen LogP contribution < -0.4 is 5.32 Å². The zero-order chi connectivity index (χ0) is 12.2. The molecule has 0 amide bonds. The van der Waals surface area contributed by atoms with Crippen molar-refractivity contribution >= 4 is 11.8 Å². The van der Waals surface area contributed by atoms with Crippen LogP contribution >= 0.6 is 11.8 Å². The number of nitrogens with one attached hydrogen (secondary N) is 1. The summed E-state index contributed by atoms with van der Waals surface area (Å²) in [5.41, 5.74) is 0. The Morgan fingerprint density at radius 1 is 1.06 bits per heavy atom. The number of thioether (sulfide) groups is 1. The topological polar surface area (TPSA) is 12.0 Å². The maximum absolute atomic E-state index is 4.00. The Kier molecular flexibility index (Phi) is 2.96. The first-order valence-electron chi connectivity index (χ1n) is 8.10. The third-order valence-corrected chi connectivity index (χ3v) is 8.23. The van der Waals surface area contributed by atoms with Crippen LogP contribution in [0.15, 0.2) is 0 Å². The van der Waals surface area contributed by atoms with Crippen molar-refractivity contribution in [2.75, 3.05) is 12.8 Å². The Morgan fingerprint density at radius 3 is 2.61 bits per heavy atom. The highest BCUT2D eigenvalue weighted by atomic mass is 32.2. The van der Waals surface area contributed by atoms with Gasteiger partial charge in [-0.2, -0.15) is 11.8 Å². The largest absolute Gasteiger partial charge is 0.312 e. The van der Waals surface area contributed by atoms with E-state index in [1.807, 2.05) is 0 Å². The second kappa shape index (κ2) is 4.41. The molecule has 5 atom stereocenters. The molecule has 2 heteroatoms. The van der Waals surface area contributed by atoms with Gasteiger partial charge in [-0.1, -0.05) is 12.8 Å². The van der Waals surface area contributed by atoms with Crippen molar-refractivity contribution in [2.24, 2.45) is 23.7 Å². The van der Waals surface area contributed by atoms with Crippen LogP contribution in [0.4, 0.5) is 0 Å². The lowest BCUT2D eigenvalue weighted by Crippen LogP contribution is -2.49. The van der Waals surface area contributed by atoms with Gasteiger partial charge in [0.2, 0.25) is 0 Å². The van der Waals surface area contributed by atoms with Crippen molar-refractivity contribution in [2.45, 2.75) is 62.2 Å². The van der Waals surface area contributed by atoms with Crippen LogP contribution in [-0.2, 0) is 0 Å². The number of fused-ring (bicyclic) bond motifs is 5. The maximum atomic E-state index is 4.00. The predicted octanol–water partition coefficient (Wildman–Crippen LogP) is 3.69. The molecular weight excluding hydrogens is 238 g/mol. The molecule has 0 heterocycles. The molecule has 1 nitrogen and oxygen atoms in total. The van der Waals surface area contributed by atoms with E-state index in [0.717, 1.165) is 29.7 Å². The molecule has 0 spiro atoms. The zero-order valence-electron chi connectivity index (χ0n) is 11.7. The Morgan fingerprint density at radius 2 is 1.89 bits per heavy atom. The monoisotopic (exact) mass is 265 g/mol. The SMILES string of the molecule is CSC1(CNC2CC3CC2C2CCCC32)CCC1. The summed E-state index contributed by atoms with van der Waals surface area (Å²) < 4.78 is 0.622. The highest BCUT2D eigenvalue weighted by molar-refractivity contribution is 8.00. The van der Waals surface area contributed by atoms with E-state index >= 15 is 0 Å². The van der Waals surface area contributed by atoms with Gasteiger partial charge < -0.3 is 5.32 Å². The van der Waals surface area contributed by atoms with Gasteiger partial charge in [0.1, 0.15) is 0 Å². The van der Waals surface area contributed by atoms with Crippen molar-refractivity contribution in [3.8, 4) is 0 Å². The van der Waals surface area contributed by atoms with Crippen molar-refractivity contribution < 1.29 is 0 Å². The first-order chi connectivity index (χ1) is 8.81. The molecule has 4 saturated carbocycles. The molecule has 0 saturated heterocycles. The van der Waals surface area contributed by atoms with Crippen LogP contribution in [0.5, 0.6) is 0 Å². The summed E-state index contributed by atoms with van der Waals surface area (Å²) >= 11 is 2.12. The first kappa shape index (κ1) is 12.1. The molecular formula is C16H27NS. The van der Waals surface area contributed by atoms with Gasteiger partial charge in [-0.3, -0.25) is 0 Å². The third-order valence-electron chi connectivity index (χ3n) is 6.81. The Balaban J connectivity index is 1.37. The summed E-state index contributed by atoms with van der Waals surface area (Å²) in [7, 11) is 0. The molecule has 0 aliphatic heterocycles. The van der Waals surface area contributed by atoms with Crippen LogP contribution in [0.1, 0.15) is 51.4 Å². The lowest BCUT2D eigenvalue weighted by Gasteiger charge is -2.43. The van der Waals surface area contributed by atoms with Gasteiger partial charge in [0.05, 0.1) is 0 Å². The average Bonchev–Trinajstić information content (AvgIpc) is 3.00. The van der Waals surface area contributed by atoms with Crippen LogP contribution in [0, 0.1) is 23.7 Å². The lowest BCUT2D eigenvalue weighted by atomic mass is 9.78. The number of rotatable bonds is 4. The second-order valence-electron chi connectivity index (χ2n) is 7.38. The van der Waals surface area contributed by atoms with Crippen molar-refractivity contribution in [1.29, 1.82) is 0 Å². The summed E-state index contributed by atoms with van der Waals surface area (Å²) in [4.78, 5) is 0. The summed E-state index contributed by atoms with van der Waals surface area (Å²) in [6.45, 7) is 1.29. The first-order valence-corrected chi connectivity index (χ1v) is 9.32. The summed E-state index contributed by atoms with van der Waals surface area (Å²) in [6.07, 6.45) is 14.4. The minimum Gasteiger partial charge on any atom is -0.312 e. The van der Waals surface area contributed by atoms with E-state index in [0.29, 0.717) is 4.75 Å². The molecule has 0 aromatic heterocycles. The molecule has 4 fully saturated rings. The van der Waals surface area contributed by atoms with Crippen LogP contribution in [0.2, 0.25) is 0 Å². The van der Waals surface area contributed by atoms with Gasteiger partial charge in [0, 0.05) is 17.3 Å². The minimum absolute atomic E-state index is 0.622. The smallest absolute Gasteiger partial charge is 0.0281 e. The molecule has 102 valence electrons. The third kappa shape index (κ3) is 1.71. The Hall–Kier alpha value is 0.310. The molecule has 0 aromatic rings. The molecule has 4 aliphatic carbocycles.